The molecule has 0 aromatic carbocycles. The number of carboxylic acids is 1. The Balaban J connectivity index is 2.18. The van der Waals surface area contributed by atoms with Crippen molar-refractivity contribution in [2.45, 2.75) is 38.6 Å². The van der Waals surface area contributed by atoms with Crippen LogP contribution in [0, 0.1) is 16.7 Å². The van der Waals surface area contributed by atoms with E-state index in [-0.39, 0.29) is 10.8 Å². The molecule has 2 saturated carbocycles. The molecule has 3 heteroatoms. The molecule has 2 N–H and O–H groups in total. The quantitative estimate of drug-likeness (QED) is 0.576. The molecule has 0 aromatic heterocycles. The zero-order valence-corrected chi connectivity index (χ0v) is 8.80. The fourth-order valence-corrected chi connectivity index (χ4v) is 4.67. The predicted molar refractivity (Wildman–Crippen MR) is 48.1 cm³/mol. The topological polar surface area (TPSA) is 56.7 Å². The predicted octanol–water partition coefficient (Wildman–Crippen LogP) is -1.12. The highest BCUT2D eigenvalue weighted by molar-refractivity contribution is 5.78. The zero-order chi connectivity index (χ0) is 10.2. The normalized spacial score (nSPS) is 59.4. The third-order valence-electron chi connectivity index (χ3n) is 5.95. The first-order valence-corrected chi connectivity index (χ1v) is 5.52. The summed E-state index contributed by atoms with van der Waals surface area (Å²) in [5.41, 5.74) is -0.374. The van der Waals surface area contributed by atoms with E-state index in [0.717, 1.165) is 19.4 Å². The minimum absolute atomic E-state index is 0.0243. The van der Waals surface area contributed by atoms with Crippen molar-refractivity contribution in [1.82, 2.24) is 0 Å². The summed E-state index contributed by atoms with van der Waals surface area (Å²) in [6.45, 7) is 5.42. The van der Waals surface area contributed by atoms with E-state index in [1.165, 1.54) is 6.42 Å². The standard InChI is InChI=1S/C11H17NO2/c1-9-6-12-11(8(13)14)5-7(9)3-4-10(9,11)2/h7,12H,3-6H2,1-2H3,(H,13,14)/t7-,9-,10+,11-/m0/s1. The number of rotatable bonds is 1. The van der Waals surface area contributed by atoms with Crippen molar-refractivity contribution in [1.29, 1.82) is 0 Å². The third-order valence-corrected chi connectivity index (χ3v) is 5.95. The lowest BCUT2D eigenvalue weighted by Gasteiger charge is -2.39. The molecule has 0 unspecified atom stereocenters. The van der Waals surface area contributed by atoms with Gasteiger partial charge in [0.25, 0.3) is 0 Å². The van der Waals surface area contributed by atoms with E-state index in [4.69, 9.17) is 0 Å². The summed E-state index contributed by atoms with van der Waals surface area (Å²) in [6, 6.07) is 0. The van der Waals surface area contributed by atoms with Crippen LogP contribution in [0.5, 0.6) is 0 Å². The van der Waals surface area contributed by atoms with Crippen LogP contribution in [0.1, 0.15) is 33.1 Å². The largest absolute Gasteiger partial charge is 0.544 e. The van der Waals surface area contributed by atoms with Gasteiger partial charge in [0, 0.05) is 17.3 Å². The molecule has 78 valence electrons. The van der Waals surface area contributed by atoms with Gasteiger partial charge in [-0.3, -0.25) is 0 Å². The minimum atomic E-state index is -0.828. The smallest absolute Gasteiger partial charge is 0.143 e. The number of carbonyl (C=O) groups excluding carboxylic acids is 1. The summed E-state index contributed by atoms with van der Waals surface area (Å²) in [6.07, 6.45) is 3.12. The van der Waals surface area contributed by atoms with Gasteiger partial charge >= 0.3 is 0 Å². The molecule has 3 aliphatic rings. The maximum Gasteiger partial charge on any atom is 0.143 e. The van der Waals surface area contributed by atoms with E-state index in [9.17, 15) is 9.90 Å². The highest BCUT2D eigenvalue weighted by Gasteiger charge is 2.78. The number of quaternary nitrogens is 1. The van der Waals surface area contributed by atoms with Gasteiger partial charge in [-0.1, -0.05) is 13.8 Å². The molecule has 0 amide bonds. The summed E-state index contributed by atoms with van der Waals surface area (Å²) in [7, 11) is 0. The van der Waals surface area contributed by atoms with Crippen LogP contribution in [-0.2, 0) is 4.79 Å². The molecule has 4 atom stereocenters. The van der Waals surface area contributed by atoms with Crippen LogP contribution < -0.4 is 10.4 Å². The summed E-state index contributed by atoms with van der Waals surface area (Å²) in [5, 5.41) is 13.4. The maximum atomic E-state index is 11.4. The molecule has 1 saturated heterocycles. The van der Waals surface area contributed by atoms with E-state index in [2.05, 4.69) is 13.8 Å². The number of hydrogen-bond acceptors (Lipinski definition) is 2. The lowest BCUT2D eigenvalue weighted by atomic mass is 9.66. The van der Waals surface area contributed by atoms with Crippen LogP contribution in [0.3, 0.4) is 0 Å². The summed E-state index contributed by atoms with van der Waals surface area (Å²) >= 11 is 0. The number of aliphatic carboxylic acids is 1. The maximum absolute atomic E-state index is 11.4. The second kappa shape index (κ2) is 2.01. The zero-order valence-electron chi connectivity index (χ0n) is 8.80. The van der Waals surface area contributed by atoms with Crippen molar-refractivity contribution in [3.05, 3.63) is 0 Å². The van der Waals surface area contributed by atoms with Crippen molar-refractivity contribution in [3.8, 4) is 0 Å². The number of carboxylic acid groups (broad SMARTS) is 1. The summed E-state index contributed by atoms with van der Waals surface area (Å²) in [4.78, 5) is 11.4. The number of nitrogens with two attached hydrogens (primary N) is 1. The summed E-state index contributed by atoms with van der Waals surface area (Å²) in [5.74, 6) is -0.207. The highest BCUT2D eigenvalue weighted by atomic mass is 16.4. The average Bonchev–Trinajstić information content (AvgIpc) is 2.58. The van der Waals surface area contributed by atoms with Crippen LogP contribution in [0.2, 0.25) is 0 Å². The van der Waals surface area contributed by atoms with Gasteiger partial charge in [-0.25, -0.2) is 0 Å². The Morgan fingerprint density at radius 2 is 2.21 bits per heavy atom. The molecular weight excluding hydrogens is 178 g/mol. The van der Waals surface area contributed by atoms with Crippen LogP contribution in [0.4, 0.5) is 0 Å². The fraction of sp³-hybridized carbons (Fsp3) is 0.909. The average molecular weight is 195 g/mol. The minimum Gasteiger partial charge on any atom is -0.544 e. The van der Waals surface area contributed by atoms with Gasteiger partial charge in [-0.15, -0.1) is 0 Å². The van der Waals surface area contributed by atoms with Crippen molar-refractivity contribution >= 4 is 5.97 Å². The Hall–Kier alpha value is -0.570. The molecule has 14 heavy (non-hydrogen) atoms. The first-order valence-electron chi connectivity index (χ1n) is 5.52. The first-order chi connectivity index (χ1) is 6.46. The Bertz CT molecular complexity index is 329. The number of piperidine rings is 1. The van der Waals surface area contributed by atoms with Gasteiger partial charge in [0.2, 0.25) is 0 Å². The van der Waals surface area contributed by atoms with E-state index in [1.54, 1.807) is 0 Å². The molecule has 3 fully saturated rings. The Labute approximate surface area is 83.9 Å². The van der Waals surface area contributed by atoms with Crippen LogP contribution in [0.15, 0.2) is 0 Å². The van der Waals surface area contributed by atoms with Gasteiger partial charge in [0.1, 0.15) is 11.5 Å². The van der Waals surface area contributed by atoms with Crippen LogP contribution in [-0.4, -0.2) is 18.1 Å². The monoisotopic (exact) mass is 195 g/mol. The third kappa shape index (κ3) is 0.553. The number of hydrogen-bond donors (Lipinski definition) is 1. The summed E-state index contributed by atoms with van der Waals surface area (Å²) < 4.78 is 0. The van der Waals surface area contributed by atoms with Gasteiger partial charge in [-0.05, 0) is 18.8 Å². The second-order valence-electron chi connectivity index (χ2n) is 5.86. The second-order valence-corrected chi connectivity index (χ2v) is 5.86. The highest BCUT2D eigenvalue weighted by Crippen LogP contribution is 2.70. The van der Waals surface area contributed by atoms with Crippen LogP contribution >= 0.6 is 0 Å². The van der Waals surface area contributed by atoms with Crippen LogP contribution in [0.25, 0.3) is 0 Å². The lowest BCUT2D eigenvalue weighted by Crippen LogP contribution is -3.00. The molecule has 3 nitrogen and oxygen atoms in total. The van der Waals surface area contributed by atoms with Crippen molar-refractivity contribution < 1.29 is 15.2 Å². The van der Waals surface area contributed by atoms with Gasteiger partial charge in [0.15, 0.2) is 0 Å². The SMILES string of the molecule is C[C@]12CC[C@H]3C[C@@]1(C(=O)[O-])[NH2+]C[C@@]32C. The molecule has 2 aliphatic carbocycles. The molecule has 0 aromatic rings. The molecule has 1 aliphatic heterocycles. The van der Waals surface area contributed by atoms with E-state index in [1.807, 2.05) is 5.32 Å². The van der Waals surface area contributed by atoms with E-state index < -0.39 is 11.5 Å². The van der Waals surface area contributed by atoms with E-state index in [0.29, 0.717) is 5.92 Å². The van der Waals surface area contributed by atoms with Crippen molar-refractivity contribution in [2.24, 2.45) is 16.7 Å². The number of carbonyl (C=O) groups is 1. The first kappa shape index (κ1) is 8.72. The van der Waals surface area contributed by atoms with Crippen molar-refractivity contribution in [3.63, 3.8) is 0 Å². The van der Waals surface area contributed by atoms with Gasteiger partial charge in [-0.2, -0.15) is 0 Å². The van der Waals surface area contributed by atoms with Gasteiger partial charge in [0.05, 0.1) is 6.54 Å². The molecule has 3 rings (SSSR count). The van der Waals surface area contributed by atoms with Crippen molar-refractivity contribution in [2.75, 3.05) is 6.54 Å². The Morgan fingerprint density at radius 1 is 1.50 bits per heavy atom. The molecule has 1 heterocycles. The van der Waals surface area contributed by atoms with Gasteiger partial charge < -0.3 is 15.2 Å². The molecule has 0 radical (unpaired) electrons. The lowest BCUT2D eigenvalue weighted by molar-refractivity contribution is -0.719. The Kier molecular flexibility index (Phi) is 1.25. The van der Waals surface area contributed by atoms with E-state index >= 15 is 0 Å². The Morgan fingerprint density at radius 3 is 2.64 bits per heavy atom. The fourth-order valence-electron chi connectivity index (χ4n) is 4.67. The molecule has 0 spiro atoms. The molecular formula is C11H17NO2. The molecule has 4 bridgehead atoms.